The quantitative estimate of drug-likeness (QED) is 0.848. The molecule has 0 unspecified atom stereocenters. The maximum atomic E-state index is 12.6. The van der Waals surface area contributed by atoms with Crippen LogP contribution in [0.25, 0.3) is 0 Å². The lowest BCUT2D eigenvalue weighted by Crippen LogP contribution is -2.55. The third-order valence-electron chi connectivity index (χ3n) is 4.76. The summed E-state index contributed by atoms with van der Waals surface area (Å²) in [5.41, 5.74) is 1.84. The number of anilines is 1. The normalized spacial score (nSPS) is 16.1. The van der Waals surface area contributed by atoms with Crippen LogP contribution in [-0.4, -0.2) is 78.2 Å². The molecule has 3 amide bonds. The van der Waals surface area contributed by atoms with E-state index in [9.17, 15) is 14.4 Å². The molecule has 1 aliphatic heterocycles. The Hall–Kier alpha value is -2.41. The lowest BCUT2D eigenvalue weighted by Gasteiger charge is -2.38. The Labute approximate surface area is 154 Å². The minimum Gasteiger partial charge on any atom is -0.340 e. The van der Waals surface area contributed by atoms with E-state index in [0.717, 1.165) is 11.3 Å². The molecule has 1 fully saturated rings. The predicted molar refractivity (Wildman–Crippen MR) is 101 cm³/mol. The van der Waals surface area contributed by atoms with Gasteiger partial charge in [-0.2, -0.15) is 0 Å². The molecule has 1 N–H and O–H groups in total. The van der Waals surface area contributed by atoms with Crippen molar-refractivity contribution in [3.63, 3.8) is 0 Å². The third-order valence-corrected chi connectivity index (χ3v) is 4.76. The van der Waals surface area contributed by atoms with Gasteiger partial charge in [0.2, 0.25) is 17.7 Å². The monoisotopic (exact) mass is 360 g/mol. The summed E-state index contributed by atoms with van der Waals surface area (Å²) in [7, 11) is 1.64. The van der Waals surface area contributed by atoms with E-state index < -0.39 is 0 Å². The number of hydrogen-bond donors (Lipinski definition) is 1. The molecule has 142 valence electrons. The van der Waals surface area contributed by atoms with E-state index in [2.05, 4.69) is 10.2 Å². The molecule has 1 aromatic carbocycles. The molecule has 1 aliphatic rings. The van der Waals surface area contributed by atoms with Gasteiger partial charge in [-0.05, 0) is 26.0 Å². The fourth-order valence-corrected chi connectivity index (χ4v) is 3.03. The fourth-order valence-electron chi connectivity index (χ4n) is 3.03. The summed E-state index contributed by atoms with van der Waals surface area (Å²) >= 11 is 0. The van der Waals surface area contributed by atoms with E-state index in [-0.39, 0.29) is 30.3 Å². The van der Waals surface area contributed by atoms with Crippen molar-refractivity contribution >= 4 is 23.4 Å². The van der Waals surface area contributed by atoms with Gasteiger partial charge >= 0.3 is 0 Å². The summed E-state index contributed by atoms with van der Waals surface area (Å²) in [5, 5.41) is 2.80. The Morgan fingerprint density at radius 1 is 1.12 bits per heavy atom. The minimum atomic E-state index is -0.318. The molecule has 1 aromatic rings. The Kier molecular flexibility index (Phi) is 6.74. The van der Waals surface area contributed by atoms with E-state index in [4.69, 9.17) is 0 Å². The number of carbonyl (C=O) groups is 3. The molecule has 0 aromatic heterocycles. The smallest absolute Gasteiger partial charge is 0.243 e. The van der Waals surface area contributed by atoms with Crippen molar-refractivity contribution in [2.45, 2.75) is 26.8 Å². The van der Waals surface area contributed by atoms with E-state index in [1.165, 1.54) is 4.90 Å². The summed E-state index contributed by atoms with van der Waals surface area (Å²) < 4.78 is 0. The van der Waals surface area contributed by atoms with Crippen molar-refractivity contribution in [2.24, 2.45) is 0 Å². The van der Waals surface area contributed by atoms with E-state index in [1.54, 1.807) is 18.9 Å². The first-order chi connectivity index (χ1) is 12.3. The van der Waals surface area contributed by atoms with Crippen LogP contribution in [0.1, 0.15) is 19.4 Å². The summed E-state index contributed by atoms with van der Waals surface area (Å²) in [6.45, 7) is 7.98. The van der Waals surface area contributed by atoms with Crippen molar-refractivity contribution in [3.8, 4) is 0 Å². The average Bonchev–Trinajstić information content (AvgIpc) is 2.62. The van der Waals surface area contributed by atoms with Crippen molar-refractivity contribution in [1.82, 2.24) is 14.7 Å². The largest absolute Gasteiger partial charge is 0.340 e. The highest BCUT2D eigenvalue weighted by atomic mass is 16.2. The second kappa shape index (κ2) is 8.80. The molecule has 0 aliphatic carbocycles. The lowest BCUT2D eigenvalue weighted by atomic mass is 10.2. The Balaban J connectivity index is 1.83. The van der Waals surface area contributed by atoms with Crippen LogP contribution in [0.3, 0.4) is 0 Å². The first-order valence-corrected chi connectivity index (χ1v) is 8.89. The molecule has 0 saturated carbocycles. The van der Waals surface area contributed by atoms with Crippen LogP contribution in [0, 0.1) is 6.92 Å². The molecule has 1 atom stereocenters. The zero-order chi connectivity index (χ0) is 19.3. The van der Waals surface area contributed by atoms with Crippen LogP contribution in [0.15, 0.2) is 24.3 Å². The molecule has 0 spiro atoms. The molecule has 0 radical (unpaired) electrons. The van der Waals surface area contributed by atoms with Gasteiger partial charge in [-0.15, -0.1) is 0 Å². The highest BCUT2D eigenvalue weighted by Gasteiger charge is 2.28. The molecule has 1 heterocycles. The summed E-state index contributed by atoms with van der Waals surface area (Å²) in [5.74, 6) is -0.257. The van der Waals surface area contributed by atoms with Crippen LogP contribution in [0.5, 0.6) is 0 Å². The van der Waals surface area contributed by atoms with Crippen molar-refractivity contribution < 1.29 is 14.4 Å². The zero-order valence-electron chi connectivity index (χ0n) is 16.0. The fraction of sp³-hybridized carbons (Fsp3) is 0.526. The molecule has 26 heavy (non-hydrogen) atoms. The van der Waals surface area contributed by atoms with Gasteiger partial charge in [0.25, 0.3) is 0 Å². The van der Waals surface area contributed by atoms with Gasteiger partial charge in [0.15, 0.2) is 0 Å². The van der Waals surface area contributed by atoms with Gasteiger partial charge in [-0.1, -0.05) is 17.7 Å². The van der Waals surface area contributed by atoms with Crippen LogP contribution in [-0.2, 0) is 14.4 Å². The zero-order valence-corrected chi connectivity index (χ0v) is 16.0. The summed E-state index contributed by atoms with van der Waals surface area (Å²) in [4.78, 5) is 41.5. The van der Waals surface area contributed by atoms with Crippen LogP contribution >= 0.6 is 0 Å². The van der Waals surface area contributed by atoms with E-state index in [0.29, 0.717) is 26.2 Å². The number of rotatable bonds is 5. The molecule has 0 bridgehead atoms. The number of aryl methyl sites for hydroxylation is 1. The summed E-state index contributed by atoms with van der Waals surface area (Å²) in [6.07, 6.45) is 0. The molecular formula is C19H28N4O3. The van der Waals surface area contributed by atoms with Crippen LogP contribution in [0.4, 0.5) is 5.69 Å². The molecule has 2 rings (SSSR count). The average molecular weight is 360 g/mol. The van der Waals surface area contributed by atoms with Gasteiger partial charge in [0, 0.05) is 45.8 Å². The van der Waals surface area contributed by atoms with Gasteiger partial charge in [-0.25, -0.2) is 0 Å². The molecule has 7 heteroatoms. The highest BCUT2D eigenvalue weighted by molar-refractivity contribution is 5.95. The maximum absolute atomic E-state index is 12.6. The number of nitrogens with one attached hydrogen (secondary N) is 1. The number of benzene rings is 1. The number of piperazine rings is 1. The Morgan fingerprint density at radius 3 is 2.23 bits per heavy atom. The third kappa shape index (κ3) is 5.29. The number of hydrogen-bond acceptors (Lipinski definition) is 4. The second-order valence-electron chi connectivity index (χ2n) is 6.83. The van der Waals surface area contributed by atoms with Crippen molar-refractivity contribution in [1.29, 1.82) is 0 Å². The van der Waals surface area contributed by atoms with E-state index >= 15 is 0 Å². The van der Waals surface area contributed by atoms with Crippen molar-refractivity contribution in [2.75, 3.05) is 45.1 Å². The maximum Gasteiger partial charge on any atom is 0.243 e. The molecular weight excluding hydrogens is 332 g/mol. The van der Waals surface area contributed by atoms with Crippen LogP contribution < -0.4 is 5.32 Å². The van der Waals surface area contributed by atoms with Gasteiger partial charge < -0.3 is 15.1 Å². The van der Waals surface area contributed by atoms with Crippen molar-refractivity contribution in [3.05, 3.63) is 29.8 Å². The molecule has 7 nitrogen and oxygen atoms in total. The second-order valence-corrected chi connectivity index (χ2v) is 6.83. The topological polar surface area (TPSA) is 73.0 Å². The summed E-state index contributed by atoms with van der Waals surface area (Å²) in [6, 6.07) is 7.21. The van der Waals surface area contributed by atoms with Gasteiger partial charge in [-0.3, -0.25) is 19.3 Å². The standard InChI is InChI=1S/C19H28N4O3/c1-14-5-7-17(8-6-14)20-18(25)13-21(4)19(26)15(2)22-9-11-23(12-10-22)16(3)24/h5-8,15H,9-13H2,1-4H3,(H,20,25)/t15-/m0/s1. The Bertz CT molecular complexity index is 651. The number of likely N-dealkylation sites (N-methyl/N-ethyl adjacent to an activating group) is 1. The first-order valence-electron chi connectivity index (χ1n) is 8.89. The Morgan fingerprint density at radius 2 is 1.69 bits per heavy atom. The van der Waals surface area contributed by atoms with E-state index in [1.807, 2.05) is 38.1 Å². The SMILES string of the molecule is CC(=O)N1CCN([C@@H](C)C(=O)N(C)CC(=O)Nc2ccc(C)cc2)CC1. The first kappa shape index (κ1) is 19.9. The van der Waals surface area contributed by atoms with Gasteiger partial charge in [0.05, 0.1) is 12.6 Å². The number of amides is 3. The predicted octanol–water partition coefficient (Wildman–Crippen LogP) is 0.945. The lowest BCUT2D eigenvalue weighted by molar-refractivity contribution is -0.139. The minimum absolute atomic E-state index is 0.00443. The van der Waals surface area contributed by atoms with Crippen LogP contribution in [0.2, 0.25) is 0 Å². The highest BCUT2D eigenvalue weighted by Crippen LogP contribution is 2.10. The van der Waals surface area contributed by atoms with Gasteiger partial charge in [0.1, 0.15) is 0 Å². The molecule has 1 saturated heterocycles. The number of nitrogens with zero attached hydrogens (tertiary/aromatic N) is 3. The number of carbonyl (C=O) groups excluding carboxylic acids is 3.